The average Bonchev–Trinajstić information content (AvgIpc) is 3.07. The van der Waals surface area contributed by atoms with Crippen LogP contribution in [0.3, 0.4) is 0 Å². The topological polar surface area (TPSA) is 104 Å². The molecule has 1 aliphatic rings. The van der Waals surface area contributed by atoms with E-state index in [1.54, 1.807) is 60.7 Å². The molecule has 1 aliphatic heterocycles. The molecule has 1 unspecified atom stereocenters. The molecule has 6 nitrogen and oxygen atoms in total. The SMILES string of the molecule is O=C(c1ccccc1)[C@@]1(O)[C@@H](C(O)Cc2ccccc2)O[C@H](Br)[C@@]1(O)C(=O)c1ccccc1. The number of ether oxygens (including phenoxy) is 1. The van der Waals surface area contributed by atoms with Crippen molar-refractivity contribution in [3.8, 4) is 0 Å². The van der Waals surface area contributed by atoms with Crippen LogP contribution in [-0.4, -0.2) is 55.3 Å². The van der Waals surface area contributed by atoms with Gasteiger partial charge >= 0.3 is 0 Å². The highest BCUT2D eigenvalue weighted by atomic mass is 79.9. The Labute approximate surface area is 199 Å². The van der Waals surface area contributed by atoms with Gasteiger partial charge in [0.2, 0.25) is 17.2 Å². The minimum absolute atomic E-state index is 0.0330. The van der Waals surface area contributed by atoms with E-state index in [-0.39, 0.29) is 17.5 Å². The average molecular weight is 511 g/mol. The van der Waals surface area contributed by atoms with E-state index in [2.05, 4.69) is 15.9 Å². The molecule has 5 atom stereocenters. The van der Waals surface area contributed by atoms with Crippen LogP contribution in [0.2, 0.25) is 0 Å². The van der Waals surface area contributed by atoms with Crippen molar-refractivity contribution in [2.24, 2.45) is 0 Å². The Balaban J connectivity index is 1.82. The van der Waals surface area contributed by atoms with Gasteiger partial charge in [-0.1, -0.05) is 107 Å². The maximum absolute atomic E-state index is 13.7. The highest BCUT2D eigenvalue weighted by Crippen LogP contribution is 2.47. The van der Waals surface area contributed by atoms with Gasteiger partial charge in [0, 0.05) is 17.5 Å². The summed E-state index contributed by atoms with van der Waals surface area (Å²) in [6.07, 6.45) is -2.96. The second-order valence-electron chi connectivity index (χ2n) is 8.05. The number of aliphatic hydroxyl groups excluding tert-OH is 1. The largest absolute Gasteiger partial charge is 0.390 e. The highest BCUT2D eigenvalue weighted by molar-refractivity contribution is 9.09. The second-order valence-corrected chi connectivity index (χ2v) is 8.88. The van der Waals surface area contributed by atoms with Crippen LogP contribution in [0.1, 0.15) is 26.3 Å². The fraction of sp³-hybridized carbons (Fsp3) is 0.231. The molecule has 0 aliphatic carbocycles. The molecule has 7 heteroatoms. The number of hydrogen-bond acceptors (Lipinski definition) is 6. The molecule has 3 aromatic rings. The third-order valence-electron chi connectivity index (χ3n) is 5.99. The molecule has 1 heterocycles. The number of aliphatic hydroxyl groups is 3. The van der Waals surface area contributed by atoms with Crippen LogP contribution in [0.15, 0.2) is 91.0 Å². The summed E-state index contributed by atoms with van der Waals surface area (Å²) in [5.41, 5.74) is -4.58. The normalized spacial score (nSPS) is 27.8. The second kappa shape index (κ2) is 9.29. The van der Waals surface area contributed by atoms with E-state index >= 15 is 0 Å². The third kappa shape index (κ3) is 3.96. The zero-order chi connectivity index (χ0) is 23.6. The summed E-state index contributed by atoms with van der Waals surface area (Å²) in [5, 5.41) is 33.2. The van der Waals surface area contributed by atoms with Gasteiger partial charge in [-0.05, 0) is 5.56 Å². The quantitative estimate of drug-likeness (QED) is 0.333. The summed E-state index contributed by atoms with van der Waals surface area (Å²) >= 11 is 3.15. The fourth-order valence-corrected chi connectivity index (χ4v) is 5.03. The van der Waals surface area contributed by atoms with E-state index in [1.807, 2.05) is 6.07 Å². The van der Waals surface area contributed by atoms with Gasteiger partial charge in [-0.3, -0.25) is 9.59 Å². The van der Waals surface area contributed by atoms with Crippen molar-refractivity contribution in [3.05, 3.63) is 108 Å². The zero-order valence-corrected chi connectivity index (χ0v) is 19.1. The lowest BCUT2D eigenvalue weighted by molar-refractivity contribution is -0.111. The molecule has 0 saturated carbocycles. The van der Waals surface area contributed by atoms with Gasteiger partial charge in [0.05, 0.1) is 6.10 Å². The van der Waals surface area contributed by atoms with Gasteiger partial charge in [0.1, 0.15) is 6.10 Å². The van der Waals surface area contributed by atoms with Crippen LogP contribution in [0.25, 0.3) is 0 Å². The number of alkyl halides is 1. The van der Waals surface area contributed by atoms with Crippen LogP contribution in [0.4, 0.5) is 0 Å². The summed E-state index contributed by atoms with van der Waals surface area (Å²) in [6.45, 7) is 0. The third-order valence-corrected chi connectivity index (χ3v) is 6.87. The standard InChI is InChI=1S/C26H23BrO6/c27-24-26(32,22(30)19-14-8-3-9-15-19)25(31,21(29)18-12-6-2-7-13-18)23(33-24)20(28)16-17-10-4-1-5-11-17/h1-15,20,23-24,28,31-32H,16H2/t20?,23-,24+,25-,26+/m1/s1. The van der Waals surface area contributed by atoms with E-state index in [4.69, 9.17) is 4.74 Å². The number of hydrogen-bond donors (Lipinski definition) is 3. The molecule has 0 bridgehead atoms. The number of carbonyl (C=O) groups excluding carboxylic acids is 2. The van der Waals surface area contributed by atoms with E-state index in [9.17, 15) is 24.9 Å². The molecule has 0 aromatic heterocycles. The highest BCUT2D eigenvalue weighted by Gasteiger charge is 2.73. The van der Waals surface area contributed by atoms with Gasteiger partial charge < -0.3 is 20.1 Å². The van der Waals surface area contributed by atoms with Crippen LogP contribution in [-0.2, 0) is 11.2 Å². The number of rotatable bonds is 7. The van der Waals surface area contributed by atoms with E-state index in [0.717, 1.165) is 5.56 Å². The van der Waals surface area contributed by atoms with Crippen LogP contribution >= 0.6 is 15.9 Å². The minimum Gasteiger partial charge on any atom is -0.390 e. The van der Waals surface area contributed by atoms with Gasteiger partial charge in [0.25, 0.3) is 0 Å². The summed E-state index contributed by atoms with van der Waals surface area (Å²) in [7, 11) is 0. The Bertz CT molecular complexity index is 1120. The van der Waals surface area contributed by atoms with Crippen molar-refractivity contribution in [1.82, 2.24) is 0 Å². The Morgan fingerprint density at radius 1 is 0.788 bits per heavy atom. The summed E-state index contributed by atoms with van der Waals surface area (Å²) in [4.78, 5) is 27.2. The lowest BCUT2D eigenvalue weighted by Crippen LogP contribution is -2.68. The van der Waals surface area contributed by atoms with Crippen molar-refractivity contribution < 1.29 is 29.6 Å². The smallest absolute Gasteiger partial charge is 0.203 e. The summed E-state index contributed by atoms with van der Waals surface area (Å²) < 4.78 is 5.74. The molecule has 1 fully saturated rings. The van der Waals surface area contributed by atoms with Crippen LogP contribution < -0.4 is 0 Å². The van der Waals surface area contributed by atoms with E-state index in [1.165, 1.54) is 24.3 Å². The van der Waals surface area contributed by atoms with Gasteiger partial charge in [-0.25, -0.2) is 0 Å². The summed E-state index contributed by atoms with van der Waals surface area (Å²) in [6, 6.07) is 24.7. The van der Waals surface area contributed by atoms with Crippen LogP contribution in [0.5, 0.6) is 0 Å². The number of ketones is 2. The van der Waals surface area contributed by atoms with Gasteiger partial charge in [-0.2, -0.15) is 0 Å². The monoisotopic (exact) mass is 510 g/mol. The van der Waals surface area contributed by atoms with Crippen molar-refractivity contribution in [2.75, 3.05) is 0 Å². The van der Waals surface area contributed by atoms with Gasteiger partial charge in [-0.15, -0.1) is 0 Å². The first kappa shape index (κ1) is 23.5. The molecule has 0 amide bonds. The van der Waals surface area contributed by atoms with E-state index < -0.39 is 40.0 Å². The van der Waals surface area contributed by atoms with Crippen LogP contribution in [0, 0.1) is 0 Å². The number of carbonyl (C=O) groups is 2. The first-order chi connectivity index (χ1) is 15.8. The Kier molecular flexibility index (Phi) is 6.61. The number of Topliss-reactive ketones (excluding diaryl/α,β-unsaturated/α-hetero) is 2. The molecular formula is C26H23BrO6. The van der Waals surface area contributed by atoms with Crippen molar-refractivity contribution >= 4 is 27.5 Å². The fourth-order valence-electron chi connectivity index (χ4n) is 4.24. The Morgan fingerprint density at radius 3 is 1.70 bits per heavy atom. The molecule has 170 valence electrons. The van der Waals surface area contributed by atoms with Crippen molar-refractivity contribution in [3.63, 3.8) is 0 Å². The maximum atomic E-state index is 13.7. The Morgan fingerprint density at radius 2 is 1.21 bits per heavy atom. The molecule has 4 rings (SSSR count). The predicted octanol–water partition coefficient (Wildman–Crippen LogP) is 2.94. The number of halogens is 1. The molecular weight excluding hydrogens is 488 g/mol. The minimum atomic E-state index is -2.77. The summed E-state index contributed by atoms with van der Waals surface area (Å²) in [5.74, 6) is -1.82. The molecule has 0 radical (unpaired) electrons. The zero-order valence-electron chi connectivity index (χ0n) is 17.5. The molecule has 3 aromatic carbocycles. The van der Waals surface area contributed by atoms with E-state index in [0.29, 0.717) is 0 Å². The first-order valence-electron chi connectivity index (χ1n) is 10.5. The lowest BCUT2D eigenvalue weighted by Gasteiger charge is -2.38. The molecule has 33 heavy (non-hydrogen) atoms. The lowest BCUT2D eigenvalue weighted by atomic mass is 9.71. The van der Waals surface area contributed by atoms with Gasteiger partial charge in [0.15, 0.2) is 10.6 Å². The van der Waals surface area contributed by atoms with Crippen molar-refractivity contribution in [1.29, 1.82) is 0 Å². The number of benzene rings is 3. The molecule has 1 saturated heterocycles. The maximum Gasteiger partial charge on any atom is 0.203 e. The Hall–Kier alpha value is -2.68. The van der Waals surface area contributed by atoms with Crippen molar-refractivity contribution in [2.45, 2.75) is 34.8 Å². The molecule has 0 spiro atoms. The predicted molar refractivity (Wildman–Crippen MR) is 125 cm³/mol. The molecule has 3 N–H and O–H groups in total. The first-order valence-corrected chi connectivity index (χ1v) is 11.4.